The minimum absolute atomic E-state index is 0.210. The van der Waals surface area contributed by atoms with E-state index in [1.807, 2.05) is 43.3 Å². The summed E-state index contributed by atoms with van der Waals surface area (Å²) >= 11 is 0. The number of rotatable bonds is 5. The van der Waals surface area contributed by atoms with E-state index in [0.29, 0.717) is 12.0 Å². The van der Waals surface area contributed by atoms with Crippen molar-refractivity contribution in [2.45, 2.75) is 44.8 Å². The summed E-state index contributed by atoms with van der Waals surface area (Å²) < 4.78 is 10.8. The molecule has 0 unspecified atom stereocenters. The van der Waals surface area contributed by atoms with Gasteiger partial charge in [-0.3, -0.25) is 4.79 Å². The molecule has 1 saturated carbocycles. The predicted octanol–water partition coefficient (Wildman–Crippen LogP) is 3.86. The topological polar surface area (TPSA) is 55.8 Å². The van der Waals surface area contributed by atoms with Crippen LogP contribution in [0.1, 0.15) is 44.2 Å². The van der Waals surface area contributed by atoms with Gasteiger partial charge < -0.3 is 9.47 Å². The second-order valence-corrected chi connectivity index (χ2v) is 6.56. The summed E-state index contributed by atoms with van der Waals surface area (Å²) in [5.41, 5.74) is 0.910. The smallest absolute Gasteiger partial charge is 0.417 e. The monoisotopic (exact) mass is 343 g/mol. The maximum Gasteiger partial charge on any atom is 0.417 e. The van der Waals surface area contributed by atoms with Crippen LogP contribution in [-0.4, -0.2) is 36.2 Å². The Kier molecular flexibility index (Phi) is 5.87. The molecule has 0 radical (unpaired) electrons. The number of carbonyl (C=O) groups is 2. The van der Waals surface area contributed by atoms with Gasteiger partial charge in [0.1, 0.15) is 12.6 Å². The van der Waals surface area contributed by atoms with Crippen molar-refractivity contribution in [3.8, 4) is 0 Å². The van der Waals surface area contributed by atoms with Crippen LogP contribution < -0.4 is 0 Å². The van der Waals surface area contributed by atoms with Crippen LogP contribution in [0.2, 0.25) is 0 Å². The standard InChI is InChI=1S/C20H25NO4/c1-2-24-17-11-8-15(9-12-17)10-13-19(22)21-18(14-25-20(21)23)16-6-4-3-5-7-16/h3-7,10,13,15,17-18H,2,8-9,11-12,14H2,1H3/b13-10+/t15-,17-,18-/m0/s1. The third kappa shape index (κ3) is 4.28. The molecule has 25 heavy (non-hydrogen) atoms. The molecule has 5 nitrogen and oxygen atoms in total. The summed E-state index contributed by atoms with van der Waals surface area (Å²) in [5, 5.41) is 0. The lowest BCUT2D eigenvalue weighted by atomic mass is 9.87. The molecular weight excluding hydrogens is 318 g/mol. The molecule has 0 bridgehead atoms. The Balaban J connectivity index is 1.61. The van der Waals surface area contributed by atoms with Gasteiger partial charge in [0.15, 0.2) is 0 Å². The van der Waals surface area contributed by atoms with Crippen LogP contribution in [0.3, 0.4) is 0 Å². The van der Waals surface area contributed by atoms with Gasteiger partial charge in [0.2, 0.25) is 0 Å². The lowest BCUT2D eigenvalue weighted by molar-refractivity contribution is -0.124. The van der Waals surface area contributed by atoms with Gasteiger partial charge in [-0.05, 0) is 50.2 Å². The van der Waals surface area contributed by atoms with Gasteiger partial charge in [0.25, 0.3) is 5.91 Å². The van der Waals surface area contributed by atoms with Gasteiger partial charge in [-0.25, -0.2) is 9.69 Å². The predicted molar refractivity (Wildman–Crippen MR) is 93.9 cm³/mol. The Labute approximate surface area is 148 Å². The van der Waals surface area contributed by atoms with Crippen molar-refractivity contribution in [1.29, 1.82) is 0 Å². The molecule has 2 amide bonds. The minimum atomic E-state index is -0.566. The quantitative estimate of drug-likeness (QED) is 0.762. The van der Waals surface area contributed by atoms with Crippen LogP contribution in [-0.2, 0) is 14.3 Å². The molecule has 1 aliphatic heterocycles. The zero-order valence-electron chi connectivity index (χ0n) is 14.6. The number of carbonyl (C=O) groups excluding carboxylic acids is 2. The molecule has 0 aromatic heterocycles. The number of ether oxygens (including phenoxy) is 2. The Morgan fingerprint density at radius 1 is 1.24 bits per heavy atom. The van der Waals surface area contributed by atoms with Gasteiger partial charge in [0, 0.05) is 6.61 Å². The van der Waals surface area contributed by atoms with E-state index in [-0.39, 0.29) is 18.6 Å². The fourth-order valence-corrected chi connectivity index (χ4v) is 3.57. The maximum absolute atomic E-state index is 12.6. The van der Waals surface area contributed by atoms with Crippen molar-refractivity contribution in [1.82, 2.24) is 4.90 Å². The van der Waals surface area contributed by atoms with Crippen LogP contribution in [0, 0.1) is 5.92 Å². The number of nitrogens with zero attached hydrogens (tertiary/aromatic N) is 1. The Hall–Kier alpha value is -2.14. The highest BCUT2D eigenvalue weighted by Gasteiger charge is 2.37. The van der Waals surface area contributed by atoms with Crippen molar-refractivity contribution < 1.29 is 19.1 Å². The van der Waals surface area contributed by atoms with Crippen LogP contribution in [0.15, 0.2) is 42.5 Å². The second kappa shape index (κ2) is 8.30. The van der Waals surface area contributed by atoms with Gasteiger partial charge in [0.05, 0.1) is 6.10 Å². The number of hydrogen-bond acceptors (Lipinski definition) is 4. The van der Waals surface area contributed by atoms with E-state index in [0.717, 1.165) is 37.9 Å². The zero-order chi connectivity index (χ0) is 17.6. The molecule has 5 heteroatoms. The van der Waals surface area contributed by atoms with Crippen molar-refractivity contribution in [2.75, 3.05) is 13.2 Å². The average Bonchev–Trinajstić information content (AvgIpc) is 3.03. The molecular formula is C20H25NO4. The highest BCUT2D eigenvalue weighted by atomic mass is 16.6. The summed E-state index contributed by atoms with van der Waals surface area (Å²) in [7, 11) is 0. The minimum Gasteiger partial charge on any atom is -0.446 e. The van der Waals surface area contributed by atoms with Crippen molar-refractivity contribution in [3.05, 3.63) is 48.0 Å². The molecule has 1 aromatic carbocycles. The number of benzene rings is 1. The van der Waals surface area contributed by atoms with Crippen LogP contribution >= 0.6 is 0 Å². The zero-order valence-corrected chi connectivity index (χ0v) is 14.6. The molecule has 1 saturated heterocycles. The molecule has 0 N–H and O–H groups in total. The molecule has 0 spiro atoms. The van der Waals surface area contributed by atoms with Gasteiger partial charge in [-0.15, -0.1) is 0 Å². The first-order valence-electron chi connectivity index (χ1n) is 9.03. The number of cyclic esters (lactones) is 1. The van der Waals surface area contributed by atoms with E-state index in [9.17, 15) is 9.59 Å². The van der Waals surface area contributed by atoms with E-state index >= 15 is 0 Å². The molecule has 3 rings (SSSR count). The van der Waals surface area contributed by atoms with Crippen molar-refractivity contribution in [3.63, 3.8) is 0 Å². The molecule has 2 aliphatic rings. The number of allylic oxidation sites excluding steroid dienone is 1. The van der Waals surface area contributed by atoms with Gasteiger partial charge in [-0.2, -0.15) is 0 Å². The highest BCUT2D eigenvalue weighted by Crippen LogP contribution is 2.29. The van der Waals surface area contributed by atoms with E-state index in [4.69, 9.17) is 9.47 Å². The maximum atomic E-state index is 12.6. The first-order chi connectivity index (χ1) is 12.2. The third-order valence-electron chi connectivity index (χ3n) is 4.93. The number of amides is 2. The van der Waals surface area contributed by atoms with E-state index in [1.54, 1.807) is 0 Å². The number of hydrogen-bond donors (Lipinski definition) is 0. The van der Waals surface area contributed by atoms with Gasteiger partial charge in [-0.1, -0.05) is 36.4 Å². The highest BCUT2D eigenvalue weighted by molar-refractivity contribution is 5.99. The normalized spacial score (nSPS) is 26.8. The summed E-state index contributed by atoms with van der Waals surface area (Å²) in [4.78, 5) is 25.8. The van der Waals surface area contributed by atoms with Crippen molar-refractivity contribution in [2.24, 2.45) is 5.92 Å². The Bertz CT molecular complexity index is 620. The lowest BCUT2D eigenvalue weighted by Crippen LogP contribution is -2.33. The summed E-state index contributed by atoms with van der Waals surface area (Å²) in [6, 6.07) is 9.17. The molecule has 2 fully saturated rings. The van der Waals surface area contributed by atoms with Crippen LogP contribution in [0.5, 0.6) is 0 Å². The first kappa shape index (κ1) is 17.7. The molecule has 1 aliphatic carbocycles. The second-order valence-electron chi connectivity index (χ2n) is 6.56. The summed E-state index contributed by atoms with van der Waals surface area (Å²) in [6.45, 7) is 2.98. The average molecular weight is 343 g/mol. The Morgan fingerprint density at radius 3 is 2.64 bits per heavy atom. The largest absolute Gasteiger partial charge is 0.446 e. The molecule has 1 aromatic rings. The van der Waals surface area contributed by atoms with Gasteiger partial charge >= 0.3 is 6.09 Å². The van der Waals surface area contributed by atoms with Crippen LogP contribution in [0.25, 0.3) is 0 Å². The lowest BCUT2D eigenvalue weighted by Gasteiger charge is -2.26. The fraction of sp³-hybridized carbons (Fsp3) is 0.500. The molecule has 134 valence electrons. The van der Waals surface area contributed by atoms with Crippen LogP contribution in [0.4, 0.5) is 4.79 Å². The number of imide groups is 1. The molecule has 1 atom stereocenters. The fourth-order valence-electron chi connectivity index (χ4n) is 3.57. The SMILES string of the molecule is CCO[C@H]1CC[C@H](/C=C/C(=O)N2C(=O)OC[C@H]2c2ccccc2)CC1. The van der Waals surface area contributed by atoms with Crippen molar-refractivity contribution >= 4 is 12.0 Å². The van der Waals surface area contributed by atoms with E-state index in [2.05, 4.69) is 0 Å². The molecule has 1 heterocycles. The first-order valence-corrected chi connectivity index (χ1v) is 9.03. The van der Waals surface area contributed by atoms with E-state index < -0.39 is 6.09 Å². The third-order valence-corrected chi connectivity index (χ3v) is 4.93. The Morgan fingerprint density at radius 2 is 1.96 bits per heavy atom. The van der Waals surface area contributed by atoms with E-state index in [1.165, 1.54) is 11.0 Å². The summed E-state index contributed by atoms with van der Waals surface area (Å²) in [5.74, 6) is 0.0674. The summed E-state index contributed by atoms with van der Waals surface area (Å²) in [6.07, 6.45) is 7.34.